The molecule has 3 unspecified atom stereocenters. The molecular formula is C4H3O3. The standard InChI is InChI=1S/C4H3O3/c5-1-2-4(6-2)7-3(1)5/h1,3-4H. The Morgan fingerprint density at radius 2 is 2.29 bits per heavy atom. The van der Waals surface area contributed by atoms with Crippen molar-refractivity contribution < 1.29 is 14.2 Å². The second-order valence-corrected chi connectivity index (χ2v) is 1.91. The minimum absolute atomic E-state index is 0.0312. The smallest absolute Gasteiger partial charge is 0.197 e. The molecule has 3 fully saturated rings. The second kappa shape index (κ2) is 0.632. The third-order valence-electron chi connectivity index (χ3n) is 1.41. The Labute approximate surface area is 40.2 Å². The molecule has 0 amide bonds. The van der Waals surface area contributed by atoms with E-state index in [1.54, 1.807) is 0 Å². The molecule has 37 valence electrons. The summed E-state index contributed by atoms with van der Waals surface area (Å²) in [5, 5.41) is 0. The number of hydrogen-bond donors (Lipinski definition) is 0. The van der Waals surface area contributed by atoms with Crippen LogP contribution in [0.3, 0.4) is 0 Å². The highest BCUT2D eigenvalue weighted by atomic mass is 16.9. The van der Waals surface area contributed by atoms with Gasteiger partial charge < -0.3 is 14.2 Å². The number of epoxide rings is 2. The van der Waals surface area contributed by atoms with Crippen LogP contribution in [0.15, 0.2) is 0 Å². The molecule has 3 aliphatic rings. The molecule has 0 saturated carbocycles. The van der Waals surface area contributed by atoms with Crippen molar-refractivity contribution in [1.82, 2.24) is 0 Å². The summed E-state index contributed by atoms with van der Waals surface area (Å²) in [6.07, 6.45) is 1.34. The van der Waals surface area contributed by atoms with Crippen LogP contribution >= 0.6 is 0 Å². The minimum atomic E-state index is 0.0312. The van der Waals surface area contributed by atoms with Gasteiger partial charge in [-0.15, -0.1) is 0 Å². The number of fused-ring (bicyclic) bond motifs is 3. The molecule has 0 spiro atoms. The molecule has 3 heteroatoms. The maximum absolute atomic E-state index is 5.03. The van der Waals surface area contributed by atoms with Gasteiger partial charge in [0.2, 0.25) is 0 Å². The molecule has 0 N–H and O–H groups in total. The topological polar surface area (TPSA) is 34.3 Å². The Balaban J connectivity index is 2.02. The van der Waals surface area contributed by atoms with Gasteiger partial charge >= 0.3 is 0 Å². The van der Waals surface area contributed by atoms with Gasteiger partial charge in [0.05, 0.1) is 0 Å². The van der Waals surface area contributed by atoms with Crippen LogP contribution in [0.4, 0.5) is 0 Å². The van der Waals surface area contributed by atoms with Crippen LogP contribution in [0.1, 0.15) is 0 Å². The average molecular weight is 99.1 g/mol. The average Bonchev–Trinajstić information content (AvgIpc) is 2.47. The fraction of sp³-hybridized carbons (Fsp3) is 0.750. The van der Waals surface area contributed by atoms with Gasteiger partial charge in [-0.3, -0.25) is 0 Å². The minimum Gasteiger partial charge on any atom is -0.338 e. The van der Waals surface area contributed by atoms with Crippen molar-refractivity contribution in [3.8, 4) is 0 Å². The summed E-state index contributed by atoms with van der Waals surface area (Å²) in [6.45, 7) is 0. The van der Waals surface area contributed by atoms with Gasteiger partial charge in [0, 0.05) is 0 Å². The monoisotopic (exact) mass is 99.0 g/mol. The maximum atomic E-state index is 5.03. The molecule has 3 nitrogen and oxygen atoms in total. The summed E-state index contributed by atoms with van der Waals surface area (Å²) in [4.78, 5) is 0. The Hall–Kier alpha value is -0.120. The molecule has 1 radical (unpaired) electrons. The first-order valence-corrected chi connectivity index (χ1v) is 2.29. The molecule has 3 atom stereocenters. The SMILES string of the molecule is O1[C]2C1OC1OC21. The molecular weight excluding hydrogens is 96.0 g/mol. The highest BCUT2D eigenvalue weighted by Crippen LogP contribution is 2.54. The number of rotatable bonds is 0. The van der Waals surface area contributed by atoms with Gasteiger partial charge in [-0.1, -0.05) is 0 Å². The Morgan fingerprint density at radius 3 is 2.71 bits per heavy atom. The molecule has 7 heavy (non-hydrogen) atoms. The summed E-state index contributed by atoms with van der Waals surface area (Å²) in [5.74, 6) is 0. The molecule has 0 aromatic rings. The molecule has 3 rings (SSSR count). The van der Waals surface area contributed by atoms with Gasteiger partial charge in [-0.25, -0.2) is 0 Å². The van der Waals surface area contributed by atoms with Crippen LogP contribution in [0, 0.1) is 6.10 Å². The van der Waals surface area contributed by atoms with E-state index in [2.05, 4.69) is 0 Å². The van der Waals surface area contributed by atoms with E-state index in [1.165, 1.54) is 0 Å². The van der Waals surface area contributed by atoms with Gasteiger partial charge in [-0.2, -0.15) is 0 Å². The van der Waals surface area contributed by atoms with E-state index < -0.39 is 0 Å². The third kappa shape index (κ3) is 0.224. The first-order chi connectivity index (χ1) is 3.45. The molecule has 3 heterocycles. The predicted molar refractivity (Wildman–Crippen MR) is 17.9 cm³/mol. The lowest BCUT2D eigenvalue weighted by atomic mass is 10.4. The fourth-order valence-electron chi connectivity index (χ4n) is 0.911. The van der Waals surface area contributed by atoms with Crippen molar-refractivity contribution in [3.63, 3.8) is 0 Å². The highest BCUT2D eigenvalue weighted by Gasteiger charge is 2.69. The summed E-state index contributed by atoms with van der Waals surface area (Å²) in [6, 6.07) is 0. The quantitative estimate of drug-likeness (QED) is 0.388. The van der Waals surface area contributed by atoms with E-state index in [-0.39, 0.29) is 18.7 Å². The van der Waals surface area contributed by atoms with Crippen molar-refractivity contribution >= 4 is 0 Å². The van der Waals surface area contributed by atoms with Crippen LogP contribution < -0.4 is 0 Å². The largest absolute Gasteiger partial charge is 0.338 e. The molecule has 0 aromatic carbocycles. The molecule has 0 aromatic heterocycles. The van der Waals surface area contributed by atoms with Gasteiger partial charge in [-0.05, 0) is 0 Å². The van der Waals surface area contributed by atoms with Crippen LogP contribution in [0.5, 0.6) is 0 Å². The summed E-state index contributed by atoms with van der Waals surface area (Å²) >= 11 is 0. The van der Waals surface area contributed by atoms with Crippen LogP contribution in [-0.4, -0.2) is 18.7 Å². The summed E-state index contributed by atoms with van der Waals surface area (Å²) < 4.78 is 14.8. The first kappa shape index (κ1) is 3.02. The lowest BCUT2D eigenvalue weighted by Crippen LogP contribution is -1.92. The maximum Gasteiger partial charge on any atom is 0.197 e. The lowest BCUT2D eigenvalue weighted by molar-refractivity contribution is -0.00938. The van der Waals surface area contributed by atoms with E-state index >= 15 is 0 Å². The molecule has 3 saturated heterocycles. The number of ether oxygens (including phenoxy) is 3. The van der Waals surface area contributed by atoms with Gasteiger partial charge in [0.1, 0.15) is 6.10 Å². The zero-order chi connectivity index (χ0) is 4.43. The normalized spacial score (nSPS) is 64.3. The molecule has 3 aliphatic heterocycles. The van der Waals surface area contributed by atoms with Crippen LogP contribution in [0.2, 0.25) is 0 Å². The van der Waals surface area contributed by atoms with Crippen molar-refractivity contribution in [2.75, 3.05) is 0 Å². The predicted octanol–water partition coefficient (Wildman–Crippen LogP) is -0.370. The lowest BCUT2D eigenvalue weighted by Gasteiger charge is -1.84. The highest BCUT2D eigenvalue weighted by molar-refractivity contribution is 5.17. The molecule has 0 bridgehead atoms. The van der Waals surface area contributed by atoms with Crippen molar-refractivity contribution in [3.05, 3.63) is 6.10 Å². The fourth-order valence-corrected chi connectivity index (χ4v) is 0.911. The van der Waals surface area contributed by atoms with E-state index in [9.17, 15) is 0 Å². The third-order valence-corrected chi connectivity index (χ3v) is 1.41. The zero-order valence-electron chi connectivity index (χ0n) is 3.46. The van der Waals surface area contributed by atoms with E-state index in [1.807, 2.05) is 0 Å². The first-order valence-electron chi connectivity index (χ1n) is 2.29. The van der Waals surface area contributed by atoms with E-state index in [0.717, 1.165) is 6.10 Å². The van der Waals surface area contributed by atoms with E-state index in [0.29, 0.717) is 0 Å². The molecule has 0 aliphatic carbocycles. The van der Waals surface area contributed by atoms with Gasteiger partial charge in [0.15, 0.2) is 18.7 Å². The van der Waals surface area contributed by atoms with Crippen LogP contribution in [-0.2, 0) is 14.2 Å². The number of hydrogen-bond acceptors (Lipinski definition) is 3. The van der Waals surface area contributed by atoms with E-state index in [4.69, 9.17) is 14.2 Å². The van der Waals surface area contributed by atoms with Crippen molar-refractivity contribution in [2.24, 2.45) is 0 Å². The van der Waals surface area contributed by atoms with Crippen molar-refractivity contribution in [1.29, 1.82) is 0 Å². The second-order valence-electron chi connectivity index (χ2n) is 1.91. The summed E-state index contributed by atoms with van der Waals surface area (Å²) in [7, 11) is 0. The zero-order valence-corrected chi connectivity index (χ0v) is 3.46. The Morgan fingerprint density at radius 1 is 1.29 bits per heavy atom. The Kier molecular flexibility index (Phi) is 0.273. The summed E-state index contributed by atoms with van der Waals surface area (Å²) in [5.41, 5.74) is 0. The van der Waals surface area contributed by atoms with Crippen LogP contribution in [0.25, 0.3) is 0 Å². The van der Waals surface area contributed by atoms with Gasteiger partial charge in [0.25, 0.3) is 0 Å². The van der Waals surface area contributed by atoms with Crippen molar-refractivity contribution in [2.45, 2.75) is 18.7 Å². The Bertz CT molecular complexity index is 110.